The van der Waals surface area contributed by atoms with E-state index in [9.17, 15) is 9.59 Å². The van der Waals surface area contributed by atoms with E-state index < -0.39 is 6.09 Å². The second kappa shape index (κ2) is 5.31. The van der Waals surface area contributed by atoms with Crippen molar-refractivity contribution in [2.45, 2.75) is 12.8 Å². The summed E-state index contributed by atoms with van der Waals surface area (Å²) < 4.78 is 0. The summed E-state index contributed by atoms with van der Waals surface area (Å²) in [5.74, 6) is 0.117. The monoisotopic (exact) mass is 247 g/mol. The van der Waals surface area contributed by atoms with Gasteiger partial charge in [0.05, 0.1) is 6.34 Å². The average Bonchev–Trinajstić information content (AvgIpc) is 2.75. The van der Waals surface area contributed by atoms with Gasteiger partial charge in [0.1, 0.15) is 0 Å². The maximum Gasteiger partial charge on any atom is 0.432 e. The van der Waals surface area contributed by atoms with Crippen LogP contribution < -0.4 is 10.2 Å². The highest BCUT2D eigenvalue weighted by molar-refractivity contribution is 5.96. The zero-order chi connectivity index (χ0) is 13.0. The summed E-state index contributed by atoms with van der Waals surface area (Å²) in [6, 6.07) is 7.22. The molecule has 1 aromatic rings. The molecule has 0 aliphatic carbocycles. The molecule has 1 aliphatic heterocycles. The molecule has 0 saturated carbocycles. The van der Waals surface area contributed by atoms with Crippen LogP contribution in [0.15, 0.2) is 29.3 Å². The Labute approximate surface area is 104 Å². The van der Waals surface area contributed by atoms with Crippen LogP contribution in [0, 0.1) is 0 Å². The number of rotatable bonds is 3. The molecule has 1 heterocycles. The lowest BCUT2D eigenvalue weighted by Gasteiger charge is -2.16. The SMILES string of the molecule is O=C(O)/N=C\Nc1cccc(N2CCCC2=O)c1. The number of hydrogen-bond donors (Lipinski definition) is 2. The average molecular weight is 247 g/mol. The van der Waals surface area contributed by atoms with Gasteiger partial charge in [0, 0.05) is 24.3 Å². The Morgan fingerprint density at radius 1 is 1.50 bits per heavy atom. The van der Waals surface area contributed by atoms with E-state index in [4.69, 9.17) is 5.11 Å². The predicted molar refractivity (Wildman–Crippen MR) is 68.2 cm³/mol. The Kier molecular flexibility index (Phi) is 3.57. The number of anilines is 2. The second-order valence-corrected chi connectivity index (χ2v) is 3.88. The minimum atomic E-state index is -1.26. The smallest absolute Gasteiger partial charge is 0.432 e. The van der Waals surface area contributed by atoms with E-state index in [0.717, 1.165) is 25.0 Å². The summed E-state index contributed by atoms with van der Waals surface area (Å²) in [7, 11) is 0. The van der Waals surface area contributed by atoms with E-state index in [0.29, 0.717) is 12.1 Å². The van der Waals surface area contributed by atoms with Gasteiger partial charge in [-0.25, -0.2) is 4.79 Å². The molecule has 2 rings (SSSR count). The van der Waals surface area contributed by atoms with Crippen LogP contribution in [0.3, 0.4) is 0 Å². The number of carboxylic acid groups (broad SMARTS) is 1. The van der Waals surface area contributed by atoms with Crippen molar-refractivity contribution >= 4 is 29.7 Å². The molecule has 2 amide bonds. The number of carbonyl (C=O) groups excluding carboxylic acids is 1. The van der Waals surface area contributed by atoms with E-state index in [2.05, 4.69) is 10.3 Å². The third-order valence-electron chi connectivity index (χ3n) is 2.64. The van der Waals surface area contributed by atoms with Gasteiger partial charge in [0.25, 0.3) is 0 Å². The van der Waals surface area contributed by atoms with E-state index in [1.807, 2.05) is 6.07 Å². The maximum atomic E-state index is 11.6. The highest BCUT2D eigenvalue weighted by Crippen LogP contribution is 2.23. The summed E-state index contributed by atoms with van der Waals surface area (Å²) in [4.78, 5) is 26.7. The third-order valence-corrected chi connectivity index (χ3v) is 2.64. The minimum Gasteiger partial charge on any atom is -0.463 e. The normalized spacial score (nSPS) is 15.3. The summed E-state index contributed by atoms with van der Waals surface area (Å²) in [5, 5.41) is 11.1. The van der Waals surface area contributed by atoms with Crippen molar-refractivity contribution in [1.29, 1.82) is 0 Å². The fourth-order valence-electron chi connectivity index (χ4n) is 1.85. The number of nitrogens with one attached hydrogen (secondary N) is 1. The molecule has 0 spiro atoms. The van der Waals surface area contributed by atoms with Gasteiger partial charge in [-0.15, -0.1) is 0 Å². The van der Waals surface area contributed by atoms with Crippen LogP contribution >= 0.6 is 0 Å². The predicted octanol–water partition coefficient (Wildman–Crippen LogP) is 1.93. The van der Waals surface area contributed by atoms with E-state index in [-0.39, 0.29) is 5.91 Å². The summed E-state index contributed by atoms with van der Waals surface area (Å²) in [6.45, 7) is 0.728. The fraction of sp³-hybridized carbons (Fsp3) is 0.250. The Morgan fingerprint density at radius 2 is 2.33 bits per heavy atom. The molecule has 6 heteroatoms. The molecule has 6 nitrogen and oxygen atoms in total. The zero-order valence-electron chi connectivity index (χ0n) is 9.67. The van der Waals surface area contributed by atoms with Crippen molar-refractivity contribution < 1.29 is 14.7 Å². The first kappa shape index (κ1) is 12.1. The highest BCUT2D eigenvalue weighted by atomic mass is 16.4. The molecule has 0 unspecified atom stereocenters. The van der Waals surface area contributed by atoms with Crippen molar-refractivity contribution in [3.8, 4) is 0 Å². The molecule has 2 N–H and O–H groups in total. The van der Waals surface area contributed by atoms with Crippen molar-refractivity contribution in [2.75, 3.05) is 16.8 Å². The lowest BCUT2D eigenvalue weighted by molar-refractivity contribution is -0.117. The van der Waals surface area contributed by atoms with Gasteiger partial charge in [0.15, 0.2) is 0 Å². The van der Waals surface area contributed by atoms with E-state index in [1.54, 1.807) is 23.1 Å². The van der Waals surface area contributed by atoms with Crippen molar-refractivity contribution in [1.82, 2.24) is 0 Å². The molecule has 0 bridgehead atoms. The number of amides is 2. The third kappa shape index (κ3) is 2.85. The first-order chi connectivity index (χ1) is 8.66. The lowest BCUT2D eigenvalue weighted by Crippen LogP contribution is -2.23. The van der Waals surface area contributed by atoms with Crippen LogP contribution in [0.25, 0.3) is 0 Å². The second-order valence-electron chi connectivity index (χ2n) is 3.88. The van der Waals surface area contributed by atoms with Gasteiger partial charge in [0.2, 0.25) is 5.91 Å². The Hall–Kier alpha value is -2.37. The van der Waals surface area contributed by atoms with Gasteiger partial charge in [-0.05, 0) is 24.6 Å². The molecule has 1 fully saturated rings. The van der Waals surface area contributed by atoms with Crippen LogP contribution in [0.4, 0.5) is 16.2 Å². The van der Waals surface area contributed by atoms with Gasteiger partial charge in [-0.1, -0.05) is 6.07 Å². The van der Waals surface area contributed by atoms with Crippen molar-refractivity contribution in [2.24, 2.45) is 4.99 Å². The minimum absolute atomic E-state index is 0.117. The number of benzene rings is 1. The maximum absolute atomic E-state index is 11.6. The summed E-state index contributed by atoms with van der Waals surface area (Å²) in [6.07, 6.45) is 1.30. The first-order valence-electron chi connectivity index (χ1n) is 5.59. The number of nitrogens with zero attached hydrogens (tertiary/aromatic N) is 2. The van der Waals surface area contributed by atoms with Crippen LogP contribution in [0.2, 0.25) is 0 Å². The Morgan fingerprint density at radius 3 is 3.00 bits per heavy atom. The van der Waals surface area contributed by atoms with Crippen molar-refractivity contribution in [3.63, 3.8) is 0 Å². The van der Waals surface area contributed by atoms with Crippen LogP contribution in [-0.4, -0.2) is 30.0 Å². The number of aliphatic imine (C=N–C) groups is 1. The molecular formula is C12H13N3O3. The molecule has 1 aromatic carbocycles. The fourth-order valence-corrected chi connectivity index (χ4v) is 1.85. The molecule has 94 valence electrons. The molecule has 0 radical (unpaired) electrons. The van der Waals surface area contributed by atoms with Crippen LogP contribution in [0.1, 0.15) is 12.8 Å². The molecule has 18 heavy (non-hydrogen) atoms. The number of carbonyl (C=O) groups is 2. The van der Waals surface area contributed by atoms with Gasteiger partial charge in [-0.2, -0.15) is 4.99 Å². The largest absolute Gasteiger partial charge is 0.463 e. The standard InChI is InChI=1S/C12H13N3O3/c16-11-5-2-6-15(11)10-4-1-3-9(7-10)13-8-14-12(17)18/h1,3-4,7-8H,2,5-6H2,(H,13,14)(H,17,18). The Bertz CT molecular complexity index is 499. The molecular weight excluding hydrogens is 234 g/mol. The zero-order valence-corrected chi connectivity index (χ0v) is 9.67. The summed E-state index contributed by atoms with van der Waals surface area (Å²) in [5.41, 5.74) is 1.50. The van der Waals surface area contributed by atoms with Crippen molar-refractivity contribution in [3.05, 3.63) is 24.3 Å². The van der Waals surface area contributed by atoms with Gasteiger partial charge >= 0.3 is 6.09 Å². The Balaban J connectivity index is 2.10. The van der Waals surface area contributed by atoms with Crippen LogP contribution in [-0.2, 0) is 4.79 Å². The quantitative estimate of drug-likeness (QED) is 0.631. The lowest BCUT2D eigenvalue weighted by atomic mass is 10.2. The molecule has 0 atom stereocenters. The number of hydrogen-bond acceptors (Lipinski definition) is 2. The first-order valence-corrected chi connectivity index (χ1v) is 5.59. The molecule has 1 aliphatic rings. The molecule has 1 saturated heterocycles. The molecule has 0 aromatic heterocycles. The highest BCUT2D eigenvalue weighted by Gasteiger charge is 2.21. The van der Waals surface area contributed by atoms with Gasteiger partial charge < -0.3 is 15.3 Å². The summed E-state index contributed by atoms with van der Waals surface area (Å²) >= 11 is 0. The van der Waals surface area contributed by atoms with E-state index >= 15 is 0 Å². The van der Waals surface area contributed by atoms with E-state index in [1.165, 1.54) is 0 Å². The van der Waals surface area contributed by atoms with Gasteiger partial charge in [-0.3, -0.25) is 4.79 Å². The van der Waals surface area contributed by atoms with Crippen LogP contribution in [0.5, 0.6) is 0 Å². The topological polar surface area (TPSA) is 82.0 Å².